The summed E-state index contributed by atoms with van der Waals surface area (Å²) in [5.41, 5.74) is 0.265. The highest BCUT2D eigenvalue weighted by Crippen LogP contribution is 2.14. The Morgan fingerprint density at radius 1 is 1.33 bits per heavy atom. The third-order valence-electron chi connectivity index (χ3n) is 2.61. The third kappa shape index (κ3) is 2.70. The number of rotatable bonds is 5. The molecule has 0 amide bonds. The molecule has 0 N–H and O–H groups in total. The highest BCUT2D eigenvalue weighted by Gasteiger charge is 2.11. The number of benzene rings is 1. The largest absolute Gasteiger partial charge is 0.383 e. The summed E-state index contributed by atoms with van der Waals surface area (Å²) in [6, 6.07) is 4.10. The van der Waals surface area contributed by atoms with E-state index in [2.05, 4.69) is 10.2 Å². The van der Waals surface area contributed by atoms with Crippen LogP contribution in [0.3, 0.4) is 0 Å². The summed E-state index contributed by atoms with van der Waals surface area (Å²) in [6.07, 6.45) is 1.75. The van der Waals surface area contributed by atoms with E-state index in [1.165, 1.54) is 12.1 Å². The maximum atomic E-state index is 13.5. The summed E-state index contributed by atoms with van der Waals surface area (Å²) in [7, 11) is 1.59. The van der Waals surface area contributed by atoms with Gasteiger partial charge in [0.2, 0.25) is 0 Å². The Morgan fingerprint density at radius 2 is 2.17 bits per heavy atom. The van der Waals surface area contributed by atoms with Crippen molar-refractivity contribution >= 4 is 0 Å². The first-order valence-corrected chi connectivity index (χ1v) is 5.51. The summed E-state index contributed by atoms with van der Waals surface area (Å²) in [4.78, 5) is 0. The van der Waals surface area contributed by atoms with Crippen LogP contribution in [0.25, 0.3) is 0 Å². The Bertz CT molecular complexity index is 528. The van der Waals surface area contributed by atoms with Crippen LogP contribution in [-0.4, -0.2) is 28.5 Å². The van der Waals surface area contributed by atoms with E-state index < -0.39 is 11.6 Å². The molecule has 0 atom stereocenters. The monoisotopic (exact) mass is 253 g/mol. The molecule has 96 valence electrons. The average molecular weight is 253 g/mol. The average Bonchev–Trinajstić information content (AvgIpc) is 2.80. The van der Waals surface area contributed by atoms with Gasteiger partial charge in [-0.15, -0.1) is 10.2 Å². The topological polar surface area (TPSA) is 39.9 Å². The zero-order valence-electron chi connectivity index (χ0n) is 9.94. The molecule has 0 radical (unpaired) electrons. The second-order valence-corrected chi connectivity index (χ2v) is 3.82. The van der Waals surface area contributed by atoms with Crippen molar-refractivity contribution in [3.05, 3.63) is 47.5 Å². The van der Waals surface area contributed by atoms with Crippen molar-refractivity contribution in [2.45, 2.75) is 13.0 Å². The molecule has 0 spiro atoms. The van der Waals surface area contributed by atoms with Crippen LogP contribution in [-0.2, 0) is 17.7 Å². The first-order valence-electron chi connectivity index (χ1n) is 5.51. The van der Waals surface area contributed by atoms with Crippen molar-refractivity contribution in [1.82, 2.24) is 14.8 Å². The van der Waals surface area contributed by atoms with E-state index in [1.54, 1.807) is 18.0 Å². The molecule has 0 unspecified atom stereocenters. The molecular weight excluding hydrogens is 240 g/mol. The molecule has 0 saturated carbocycles. The number of halogens is 2. The molecule has 2 aromatic rings. The van der Waals surface area contributed by atoms with Gasteiger partial charge >= 0.3 is 0 Å². The minimum Gasteiger partial charge on any atom is -0.383 e. The van der Waals surface area contributed by atoms with Crippen molar-refractivity contribution < 1.29 is 13.5 Å². The van der Waals surface area contributed by atoms with Gasteiger partial charge in [-0.25, -0.2) is 8.78 Å². The van der Waals surface area contributed by atoms with Crippen LogP contribution in [0.4, 0.5) is 8.78 Å². The van der Waals surface area contributed by atoms with Crippen LogP contribution in [0, 0.1) is 11.6 Å². The summed E-state index contributed by atoms with van der Waals surface area (Å²) >= 11 is 0. The number of nitrogens with zero attached hydrogens (tertiary/aromatic N) is 3. The molecule has 4 nitrogen and oxygen atoms in total. The molecule has 0 bridgehead atoms. The number of hydrogen-bond donors (Lipinski definition) is 0. The van der Waals surface area contributed by atoms with Crippen LogP contribution < -0.4 is 0 Å². The minimum atomic E-state index is -0.851. The SMILES string of the molecule is COCCn1cnnc1Cc1cccc(F)c1F. The van der Waals surface area contributed by atoms with Crippen LogP contribution in [0.2, 0.25) is 0 Å². The lowest BCUT2D eigenvalue weighted by Crippen LogP contribution is -2.09. The normalized spacial score (nSPS) is 10.8. The minimum absolute atomic E-state index is 0.202. The Kier molecular flexibility index (Phi) is 3.99. The van der Waals surface area contributed by atoms with E-state index in [1.807, 2.05) is 0 Å². The lowest BCUT2D eigenvalue weighted by molar-refractivity contribution is 0.186. The molecular formula is C12H13F2N3O. The highest BCUT2D eigenvalue weighted by atomic mass is 19.2. The number of hydrogen-bond acceptors (Lipinski definition) is 3. The summed E-state index contributed by atoms with van der Waals surface area (Å²) < 4.78 is 33.3. The molecule has 0 saturated heterocycles. The standard InChI is InChI=1S/C12H13F2N3O/c1-18-6-5-17-8-15-16-11(17)7-9-3-2-4-10(13)12(9)14/h2-4,8H,5-7H2,1H3. The molecule has 0 aliphatic rings. The summed E-state index contributed by atoms with van der Waals surface area (Å²) in [5.74, 6) is -1.11. The second kappa shape index (κ2) is 5.68. The zero-order chi connectivity index (χ0) is 13.0. The van der Waals surface area contributed by atoms with Gasteiger partial charge in [0.05, 0.1) is 6.61 Å². The molecule has 0 fully saturated rings. The van der Waals surface area contributed by atoms with Crippen LogP contribution in [0.1, 0.15) is 11.4 Å². The molecule has 0 aliphatic carbocycles. The molecule has 0 aliphatic heterocycles. The third-order valence-corrected chi connectivity index (χ3v) is 2.61. The molecule has 1 aromatic heterocycles. The molecule has 1 aromatic carbocycles. The van der Waals surface area contributed by atoms with Crippen molar-refractivity contribution in [1.29, 1.82) is 0 Å². The Labute approximate surface area is 103 Å². The van der Waals surface area contributed by atoms with E-state index in [9.17, 15) is 8.78 Å². The smallest absolute Gasteiger partial charge is 0.162 e. The van der Waals surface area contributed by atoms with E-state index in [0.717, 1.165) is 6.07 Å². The van der Waals surface area contributed by atoms with Gasteiger partial charge in [-0.1, -0.05) is 12.1 Å². The van der Waals surface area contributed by atoms with Gasteiger partial charge < -0.3 is 9.30 Å². The Hall–Kier alpha value is -1.82. The van der Waals surface area contributed by atoms with E-state index in [-0.39, 0.29) is 12.0 Å². The van der Waals surface area contributed by atoms with Gasteiger partial charge in [0.1, 0.15) is 12.2 Å². The first kappa shape index (κ1) is 12.6. The van der Waals surface area contributed by atoms with Crippen LogP contribution >= 0.6 is 0 Å². The lowest BCUT2D eigenvalue weighted by Gasteiger charge is -2.06. The van der Waals surface area contributed by atoms with Gasteiger partial charge in [0, 0.05) is 20.1 Å². The molecule has 1 heterocycles. The predicted octanol–water partition coefficient (Wildman–Crippen LogP) is 1.79. The molecule has 6 heteroatoms. The van der Waals surface area contributed by atoms with Crippen LogP contribution in [0.5, 0.6) is 0 Å². The van der Waals surface area contributed by atoms with Crippen molar-refractivity contribution in [3.63, 3.8) is 0 Å². The van der Waals surface area contributed by atoms with Crippen molar-refractivity contribution in [2.24, 2.45) is 0 Å². The lowest BCUT2D eigenvalue weighted by atomic mass is 10.1. The van der Waals surface area contributed by atoms with Gasteiger partial charge in [-0.2, -0.15) is 0 Å². The molecule has 18 heavy (non-hydrogen) atoms. The number of aromatic nitrogens is 3. The Balaban J connectivity index is 2.18. The number of ether oxygens (including phenoxy) is 1. The fourth-order valence-electron chi connectivity index (χ4n) is 1.65. The quantitative estimate of drug-likeness (QED) is 0.815. The molecule has 2 rings (SSSR count). The number of methoxy groups -OCH3 is 1. The summed E-state index contributed by atoms with van der Waals surface area (Å²) in [6.45, 7) is 1.09. The Morgan fingerprint density at radius 3 is 2.94 bits per heavy atom. The van der Waals surface area contributed by atoms with Gasteiger partial charge in [-0.05, 0) is 11.6 Å². The predicted molar refractivity (Wildman–Crippen MR) is 61.1 cm³/mol. The summed E-state index contributed by atoms with van der Waals surface area (Å²) in [5, 5.41) is 7.67. The van der Waals surface area contributed by atoms with E-state index >= 15 is 0 Å². The maximum Gasteiger partial charge on any atom is 0.162 e. The van der Waals surface area contributed by atoms with E-state index in [0.29, 0.717) is 19.0 Å². The fraction of sp³-hybridized carbons (Fsp3) is 0.333. The van der Waals surface area contributed by atoms with Crippen molar-refractivity contribution in [2.75, 3.05) is 13.7 Å². The van der Waals surface area contributed by atoms with Crippen molar-refractivity contribution in [3.8, 4) is 0 Å². The van der Waals surface area contributed by atoms with Gasteiger partial charge in [-0.3, -0.25) is 0 Å². The van der Waals surface area contributed by atoms with E-state index in [4.69, 9.17) is 4.74 Å². The second-order valence-electron chi connectivity index (χ2n) is 3.82. The fourth-order valence-corrected chi connectivity index (χ4v) is 1.65. The zero-order valence-corrected chi connectivity index (χ0v) is 9.94. The highest BCUT2D eigenvalue weighted by molar-refractivity contribution is 5.22. The van der Waals surface area contributed by atoms with Gasteiger partial charge in [0.15, 0.2) is 11.6 Å². The van der Waals surface area contributed by atoms with Crippen LogP contribution in [0.15, 0.2) is 24.5 Å². The first-order chi connectivity index (χ1) is 8.72. The van der Waals surface area contributed by atoms with Gasteiger partial charge in [0.25, 0.3) is 0 Å². The maximum absolute atomic E-state index is 13.5.